The number of hydrogen-bond acceptors (Lipinski definition) is 5. The second-order valence-electron chi connectivity index (χ2n) is 4.00. The molecule has 2 rings (SSSR count). The van der Waals surface area contributed by atoms with E-state index in [2.05, 4.69) is 15.5 Å². The summed E-state index contributed by atoms with van der Waals surface area (Å²) in [7, 11) is 1.87. The van der Waals surface area contributed by atoms with Gasteiger partial charge in [-0.3, -0.25) is 4.79 Å². The Bertz CT molecular complexity index is 569. The number of anilines is 2. The first-order valence-corrected chi connectivity index (χ1v) is 6.76. The van der Waals surface area contributed by atoms with Crippen LogP contribution in [0, 0.1) is 0 Å². The van der Waals surface area contributed by atoms with E-state index in [1.54, 1.807) is 24.5 Å². The van der Waals surface area contributed by atoms with E-state index in [9.17, 15) is 4.79 Å². The van der Waals surface area contributed by atoms with Crippen LogP contribution in [0.2, 0.25) is 0 Å². The predicted molar refractivity (Wildman–Crippen MR) is 75.8 cm³/mol. The van der Waals surface area contributed by atoms with Gasteiger partial charge in [-0.2, -0.15) is 0 Å². The quantitative estimate of drug-likeness (QED) is 0.639. The highest BCUT2D eigenvalue weighted by Gasteiger charge is 2.05. The lowest BCUT2D eigenvalue weighted by molar-refractivity contribution is -0.115. The molecule has 0 spiro atoms. The number of aromatic nitrogens is 3. The number of rotatable bonds is 5. The van der Waals surface area contributed by atoms with E-state index in [-0.39, 0.29) is 5.91 Å². The van der Waals surface area contributed by atoms with Crippen molar-refractivity contribution in [3.05, 3.63) is 30.6 Å². The summed E-state index contributed by atoms with van der Waals surface area (Å²) in [4.78, 5) is 11.7. The summed E-state index contributed by atoms with van der Waals surface area (Å²) in [5, 5.41) is 11.3. The maximum atomic E-state index is 11.7. The summed E-state index contributed by atoms with van der Waals surface area (Å²) in [6.07, 6.45) is 2.04. The summed E-state index contributed by atoms with van der Waals surface area (Å²) in [6, 6.07) is 7.12. The fraction of sp³-hybridized carbons (Fsp3) is 0.250. The van der Waals surface area contributed by atoms with Crippen molar-refractivity contribution in [3.63, 3.8) is 0 Å². The molecule has 1 heterocycles. The van der Waals surface area contributed by atoms with Gasteiger partial charge in [0.1, 0.15) is 6.33 Å². The number of nitrogens with two attached hydrogens (primary N) is 1. The van der Waals surface area contributed by atoms with Crippen molar-refractivity contribution in [3.8, 4) is 0 Å². The van der Waals surface area contributed by atoms with E-state index < -0.39 is 0 Å². The third-order valence-corrected chi connectivity index (χ3v) is 3.44. The fourth-order valence-corrected chi connectivity index (χ4v) is 2.30. The summed E-state index contributed by atoms with van der Waals surface area (Å²) < 4.78 is 1.82. The van der Waals surface area contributed by atoms with Crippen molar-refractivity contribution in [2.75, 3.05) is 16.8 Å². The highest BCUT2D eigenvalue weighted by atomic mass is 32.2. The molecule has 6 nitrogen and oxygen atoms in total. The molecule has 3 N–H and O–H groups in total. The Morgan fingerprint density at radius 1 is 1.53 bits per heavy atom. The highest BCUT2D eigenvalue weighted by molar-refractivity contribution is 7.99. The van der Waals surface area contributed by atoms with Gasteiger partial charge < -0.3 is 15.6 Å². The number of benzene rings is 1. The molecule has 1 aromatic carbocycles. The lowest BCUT2D eigenvalue weighted by Gasteiger charge is -2.05. The van der Waals surface area contributed by atoms with Gasteiger partial charge in [-0.1, -0.05) is 17.8 Å². The van der Waals surface area contributed by atoms with Gasteiger partial charge in [-0.25, -0.2) is 0 Å². The van der Waals surface area contributed by atoms with Crippen LogP contribution < -0.4 is 11.1 Å². The van der Waals surface area contributed by atoms with Crippen LogP contribution in [0.3, 0.4) is 0 Å². The summed E-state index contributed by atoms with van der Waals surface area (Å²) in [5.74, 6) is 0.612. The topological polar surface area (TPSA) is 85.8 Å². The molecule has 0 atom stereocenters. The van der Waals surface area contributed by atoms with Crippen LogP contribution in [0.15, 0.2) is 35.7 Å². The summed E-state index contributed by atoms with van der Waals surface area (Å²) >= 11 is 1.50. The van der Waals surface area contributed by atoms with Crippen LogP contribution >= 0.6 is 11.8 Å². The molecule has 0 radical (unpaired) electrons. The van der Waals surface area contributed by atoms with Crippen molar-refractivity contribution in [1.29, 1.82) is 0 Å². The number of carbonyl (C=O) groups is 1. The number of carbonyl (C=O) groups excluding carboxylic acids is 1. The van der Waals surface area contributed by atoms with Crippen molar-refractivity contribution in [1.82, 2.24) is 14.8 Å². The van der Waals surface area contributed by atoms with Gasteiger partial charge in [0.05, 0.1) is 0 Å². The smallest absolute Gasteiger partial charge is 0.225 e. The van der Waals surface area contributed by atoms with Crippen LogP contribution in [0.4, 0.5) is 11.4 Å². The minimum atomic E-state index is -0.0414. The zero-order chi connectivity index (χ0) is 13.7. The number of nitrogens with one attached hydrogen (secondary N) is 1. The van der Waals surface area contributed by atoms with E-state index >= 15 is 0 Å². The SMILES string of the molecule is Cn1cnnc1SCCC(=O)Nc1cccc(N)c1. The number of thioether (sulfide) groups is 1. The number of nitrogens with zero attached hydrogens (tertiary/aromatic N) is 3. The lowest BCUT2D eigenvalue weighted by atomic mass is 10.3. The van der Waals surface area contributed by atoms with E-state index in [0.29, 0.717) is 23.5 Å². The molecule has 0 saturated heterocycles. The van der Waals surface area contributed by atoms with Crippen LogP contribution in [-0.2, 0) is 11.8 Å². The summed E-state index contributed by atoms with van der Waals surface area (Å²) in [6.45, 7) is 0. The molecule has 2 aromatic rings. The maximum absolute atomic E-state index is 11.7. The molecule has 0 bridgehead atoms. The highest BCUT2D eigenvalue weighted by Crippen LogP contribution is 2.16. The first-order valence-electron chi connectivity index (χ1n) is 5.77. The Morgan fingerprint density at radius 3 is 3.05 bits per heavy atom. The van der Waals surface area contributed by atoms with Gasteiger partial charge in [0.15, 0.2) is 5.16 Å². The monoisotopic (exact) mass is 277 g/mol. The molecular formula is C12H15N5OS. The van der Waals surface area contributed by atoms with Crippen LogP contribution in [0.25, 0.3) is 0 Å². The second kappa shape index (κ2) is 6.24. The molecule has 7 heteroatoms. The Labute approximate surface area is 115 Å². The standard InChI is InChI=1S/C12H15N5OS/c1-17-8-14-16-12(17)19-6-5-11(18)15-10-4-2-3-9(13)7-10/h2-4,7-8H,5-6,13H2,1H3,(H,15,18). The zero-order valence-electron chi connectivity index (χ0n) is 10.5. The van der Waals surface area contributed by atoms with E-state index in [4.69, 9.17) is 5.73 Å². The van der Waals surface area contributed by atoms with Gasteiger partial charge in [0.25, 0.3) is 0 Å². The molecule has 0 aliphatic carbocycles. The third-order valence-electron chi connectivity index (χ3n) is 2.40. The van der Waals surface area contributed by atoms with E-state index in [1.807, 2.05) is 17.7 Å². The largest absolute Gasteiger partial charge is 0.399 e. The van der Waals surface area contributed by atoms with E-state index in [0.717, 1.165) is 5.16 Å². The van der Waals surface area contributed by atoms with Gasteiger partial charge in [-0.15, -0.1) is 10.2 Å². The van der Waals surface area contributed by atoms with Crippen LogP contribution in [0.1, 0.15) is 6.42 Å². The van der Waals surface area contributed by atoms with Crippen molar-refractivity contribution in [2.24, 2.45) is 7.05 Å². The molecular weight excluding hydrogens is 262 g/mol. The minimum absolute atomic E-state index is 0.0414. The molecule has 0 aliphatic rings. The number of aryl methyl sites for hydroxylation is 1. The number of amides is 1. The molecule has 1 amide bonds. The van der Waals surface area contributed by atoms with Gasteiger partial charge >= 0.3 is 0 Å². The molecule has 0 saturated carbocycles. The third kappa shape index (κ3) is 3.99. The maximum Gasteiger partial charge on any atom is 0.225 e. The second-order valence-corrected chi connectivity index (χ2v) is 5.06. The molecule has 0 fully saturated rings. The zero-order valence-corrected chi connectivity index (χ0v) is 11.4. The predicted octanol–water partition coefficient (Wildman–Crippen LogP) is 1.52. The van der Waals surface area contributed by atoms with Crippen molar-refractivity contribution >= 4 is 29.0 Å². The minimum Gasteiger partial charge on any atom is -0.399 e. The Balaban J connectivity index is 1.77. The lowest BCUT2D eigenvalue weighted by Crippen LogP contribution is -2.12. The molecule has 100 valence electrons. The number of hydrogen-bond donors (Lipinski definition) is 2. The van der Waals surface area contributed by atoms with Gasteiger partial charge in [-0.05, 0) is 18.2 Å². The van der Waals surface area contributed by atoms with Crippen molar-refractivity contribution < 1.29 is 4.79 Å². The molecule has 19 heavy (non-hydrogen) atoms. The number of nitrogen functional groups attached to an aromatic ring is 1. The first-order chi connectivity index (χ1) is 9.15. The average molecular weight is 277 g/mol. The molecule has 1 aromatic heterocycles. The normalized spacial score (nSPS) is 10.4. The Kier molecular flexibility index (Phi) is 4.40. The molecule has 0 aliphatic heterocycles. The fourth-order valence-electron chi connectivity index (χ4n) is 1.48. The van der Waals surface area contributed by atoms with Crippen LogP contribution in [0.5, 0.6) is 0 Å². The summed E-state index contributed by atoms with van der Waals surface area (Å²) in [5.41, 5.74) is 6.99. The first kappa shape index (κ1) is 13.4. The van der Waals surface area contributed by atoms with Crippen LogP contribution in [-0.4, -0.2) is 26.4 Å². The Morgan fingerprint density at radius 2 is 2.37 bits per heavy atom. The van der Waals surface area contributed by atoms with E-state index in [1.165, 1.54) is 11.8 Å². The van der Waals surface area contributed by atoms with Crippen molar-refractivity contribution in [2.45, 2.75) is 11.6 Å². The van der Waals surface area contributed by atoms with Gasteiger partial charge in [0.2, 0.25) is 5.91 Å². The van der Waals surface area contributed by atoms with Gasteiger partial charge in [0, 0.05) is 30.6 Å². The molecule has 0 unspecified atom stereocenters. The average Bonchev–Trinajstić information content (AvgIpc) is 2.75. The Hall–Kier alpha value is -2.02.